The molecule has 0 radical (unpaired) electrons. The van der Waals surface area contributed by atoms with Gasteiger partial charge in [-0.25, -0.2) is 4.79 Å². The van der Waals surface area contributed by atoms with E-state index in [0.717, 1.165) is 11.3 Å². The van der Waals surface area contributed by atoms with Gasteiger partial charge in [0.2, 0.25) is 0 Å². The van der Waals surface area contributed by atoms with Crippen molar-refractivity contribution in [2.75, 3.05) is 7.05 Å². The Labute approximate surface area is 142 Å². The fourth-order valence-electron chi connectivity index (χ4n) is 2.19. The molecule has 0 aliphatic carbocycles. The van der Waals surface area contributed by atoms with E-state index in [4.69, 9.17) is 4.74 Å². The van der Waals surface area contributed by atoms with Gasteiger partial charge in [-0.1, -0.05) is 32.9 Å². The Morgan fingerprint density at radius 2 is 1.92 bits per heavy atom. The molecular formula is C19H22N2O3. The summed E-state index contributed by atoms with van der Waals surface area (Å²) in [5.41, 5.74) is 2.15. The second kappa shape index (κ2) is 7.17. The van der Waals surface area contributed by atoms with E-state index >= 15 is 0 Å². The highest BCUT2D eigenvalue weighted by Gasteiger charge is 2.19. The third-order valence-electron chi connectivity index (χ3n) is 3.47. The fraction of sp³-hybridized carbons (Fsp3) is 0.263. The standard InChI is InChI=1S/C19H22N2O3/c1-19(2,3)15-11-14(24-18(23)20-4)9-10-16(15)21-12-13-7-5-6-8-17(13)22/h5-12,22H,1-4H3,(H,20,23)/b21-12+. The Balaban J connectivity index is 2.39. The summed E-state index contributed by atoms with van der Waals surface area (Å²) in [6.07, 6.45) is 1.11. The van der Waals surface area contributed by atoms with Gasteiger partial charge in [-0.05, 0) is 41.3 Å². The molecule has 2 aromatic carbocycles. The molecule has 0 unspecified atom stereocenters. The van der Waals surface area contributed by atoms with E-state index in [1.54, 1.807) is 36.5 Å². The molecule has 0 fully saturated rings. The van der Waals surface area contributed by atoms with Crippen LogP contribution in [-0.2, 0) is 5.41 Å². The number of amides is 1. The fourth-order valence-corrected chi connectivity index (χ4v) is 2.19. The van der Waals surface area contributed by atoms with Gasteiger partial charge in [0.05, 0.1) is 5.69 Å². The lowest BCUT2D eigenvalue weighted by Crippen LogP contribution is -2.22. The van der Waals surface area contributed by atoms with Gasteiger partial charge in [-0.15, -0.1) is 0 Å². The van der Waals surface area contributed by atoms with E-state index in [1.165, 1.54) is 7.05 Å². The maximum absolute atomic E-state index is 11.4. The van der Waals surface area contributed by atoms with E-state index in [-0.39, 0.29) is 11.2 Å². The highest BCUT2D eigenvalue weighted by molar-refractivity contribution is 5.85. The van der Waals surface area contributed by atoms with Crippen molar-refractivity contribution in [2.24, 2.45) is 4.99 Å². The molecule has 24 heavy (non-hydrogen) atoms. The molecule has 0 aliphatic rings. The van der Waals surface area contributed by atoms with E-state index in [2.05, 4.69) is 31.1 Å². The summed E-state index contributed by atoms with van der Waals surface area (Å²) in [4.78, 5) is 15.9. The summed E-state index contributed by atoms with van der Waals surface area (Å²) in [6, 6.07) is 12.3. The van der Waals surface area contributed by atoms with Gasteiger partial charge in [0.25, 0.3) is 0 Å². The van der Waals surface area contributed by atoms with Crippen molar-refractivity contribution in [1.82, 2.24) is 5.32 Å². The van der Waals surface area contributed by atoms with Crippen molar-refractivity contribution < 1.29 is 14.6 Å². The normalized spacial score (nSPS) is 11.5. The molecule has 2 aromatic rings. The maximum Gasteiger partial charge on any atom is 0.412 e. The minimum atomic E-state index is -0.514. The van der Waals surface area contributed by atoms with Gasteiger partial charge in [0.1, 0.15) is 11.5 Å². The molecule has 0 aromatic heterocycles. The summed E-state index contributed by atoms with van der Waals surface area (Å²) in [5.74, 6) is 0.638. The SMILES string of the molecule is CNC(=O)Oc1ccc(/N=C/c2ccccc2O)c(C(C)(C)C)c1. The third-order valence-corrected chi connectivity index (χ3v) is 3.47. The van der Waals surface area contributed by atoms with Crippen LogP contribution in [0.1, 0.15) is 31.9 Å². The number of aliphatic imine (C=N–C) groups is 1. The van der Waals surface area contributed by atoms with Crippen molar-refractivity contribution in [2.45, 2.75) is 26.2 Å². The van der Waals surface area contributed by atoms with Gasteiger partial charge in [0.15, 0.2) is 0 Å². The number of phenols is 1. The number of hydrogen-bond donors (Lipinski definition) is 2. The minimum absolute atomic E-state index is 0.179. The first-order chi connectivity index (χ1) is 11.3. The monoisotopic (exact) mass is 326 g/mol. The Morgan fingerprint density at radius 1 is 1.21 bits per heavy atom. The zero-order valence-corrected chi connectivity index (χ0v) is 14.3. The zero-order valence-electron chi connectivity index (χ0n) is 14.3. The lowest BCUT2D eigenvalue weighted by Gasteiger charge is -2.22. The lowest BCUT2D eigenvalue weighted by molar-refractivity contribution is 0.203. The van der Waals surface area contributed by atoms with Gasteiger partial charge in [0, 0.05) is 18.8 Å². The van der Waals surface area contributed by atoms with Crippen LogP contribution in [0.25, 0.3) is 0 Å². The van der Waals surface area contributed by atoms with Crippen molar-refractivity contribution in [3.05, 3.63) is 53.6 Å². The van der Waals surface area contributed by atoms with Gasteiger partial charge in [-0.3, -0.25) is 4.99 Å². The average Bonchev–Trinajstić information content (AvgIpc) is 2.54. The van der Waals surface area contributed by atoms with Crippen LogP contribution in [0, 0.1) is 0 Å². The van der Waals surface area contributed by atoms with E-state index < -0.39 is 6.09 Å². The first-order valence-corrected chi connectivity index (χ1v) is 7.67. The number of nitrogens with zero attached hydrogens (tertiary/aromatic N) is 1. The number of rotatable bonds is 3. The summed E-state index contributed by atoms with van der Waals surface area (Å²) < 4.78 is 5.19. The van der Waals surface area contributed by atoms with Crippen molar-refractivity contribution in [1.29, 1.82) is 0 Å². The quantitative estimate of drug-likeness (QED) is 0.832. The lowest BCUT2D eigenvalue weighted by atomic mass is 9.85. The van der Waals surface area contributed by atoms with Gasteiger partial charge < -0.3 is 15.2 Å². The van der Waals surface area contributed by atoms with Crippen LogP contribution in [0.4, 0.5) is 10.5 Å². The molecule has 0 heterocycles. The molecule has 0 spiro atoms. The van der Waals surface area contributed by atoms with Crippen molar-refractivity contribution in [3.8, 4) is 11.5 Å². The molecule has 1 amide bonds. The maximum atomic E-state index is 11.4. The summed E-state index contributed by atoms with van der Waals surface area (Å²) >= 11 is 0. The predicted octanol–water partition coefficient (Wildman–Crippen LogP) is 4.16. The highest BCUT2D eigenvalue weighted by Crippen LogP contribution is 2.34. The molecule has 5 heteroatoms. The number of carbonyl (C=O) groups is 1. The van der Waals surface area contributed by atoms with Crippen molar-refractivity contribution >= 4 is 18.0 Å². The molecule has 0 bridgehead atoms. The molecule has 5 nitrogen and oxygen atoms in total. The first-order valence-electron chi connectivity index (χ1n) is 7.67. The molecule has 0 saturated heterocycles. The number of benzene rings is 2. The summed E-state index contributed by atoms with van der Waals surface area (Å²) in [7, 11) is 1.51. The van der Waals surface area contributed by atoms with Crippen LogP contribution >= 0.6 is 0 Å². The average molecular weight is 326 g/mol. The van der Waals surface area contributed by atoms with Gasteiger partial charge >= 0.3 is 6.09 Å². The Hall–Kier alpha value is -2.82. The molecule has 0 atom stereocenters. The number of aromatic hydroxyl groups is 1. The predicted molar refractivity (Wildman–Crippen MR) is 95.6 cm³/mol. The number of para-hydroxylation sites is 1. The smallest absolute Gasteiger partial charge is 0.412 e. The Bertz CT molecular complexity index is 761. The van der Waals surface area contributed by atoms with Crippen LogP contribution < -0.4 is 10.1 Å². The number of phenolic OH excluding ortho intramolecular Hbond substituents is 1. The largest absolute Gasteiger partial charge is 0.507 e. The summed E-state index contributed by atoms with van der Waals surface area (Å²) in [5, 5.41) is 12.3. The van der Waals surface area contributed by atoms with Gasteiger partial charge in [-0.2, -0.15) is 0 Å². The summed E-state index contributed by atoms with van der Waals surface area (Å²) in [6.45, 7) is 6.18. The minimum Gasteiger partial charge on any atom is -0.507 e. The second-order valence-electron chi connectivity index (χ2n) is 6.39. The van der Waals surface area contributed by atoms with Crippen LogP contribution in [0.5, 0.6) is 11.5 Å². The van der Waals surface area contributed by atoms with E-state index in [0.29, 0.717) is 11.3 Å². The van der Waals surface area contributed by atoms with Crippen LogP contribution in [0.15, 0.2) is 47.5 Å². The molecule has 0 saturated carbocycles. The zero-order chi connectivity index (χ0) is 17.7. The molecule has 2 N–H and O–H groups in total. The second-order valence-corrected chi connectivity index (χ2v) is 6.39. The van der Waals surface area contributed by atoms with Crippen LogP contribution in [0.2, 0.25) is 0 Å². The van der Waals surface area contributed by atoms with E-state index in [1.807, 2.05) is 12.1 Å². The Kier molecular flexibility index (Phi) is 5.24. The number of ether oxygens (including phenoxy) is 1. The topological polar surface area (TPSA) is 70.9 Å². The first kappa shape index (κ1) is 17.5. The number of hydrogen-bond acceptors (Lipinski definition) is 4. The van der Waals surface area contributed by atoms with E-state index in [9.17, 15) is 9.90 Å². The third kappa shape index (κ3) is 4.35. The molecular weight excluding hydrogens is 304 g/mol. The Morgan fingerprint density at radius 3 is 2.54 bits per heavy atom. The number of nitrogens with one attached hydrogen (secondary N) is 1. The van der Waals surface area contributed by atoms with Crippen molar-refractivity contribution in [3.63, 3.8) is 0 Å². The molecule has 0 aliphatic heterocycles. The molecule has 2 rings (SSSR count). The van der Waals surface area contributed by atoms with Crippen LogP contribution in [0.3, 0.4) is 0 Å². The molecule has 126 valence electrons. The van der Waals surface area contributed by atoms with Crippen LogP contribution in [-0.4, -0.2) is 24.5 Å². The highest BCUT2D eigenvalue weighted by atomic mass is 16.5. The number of carbonyl (C=O) groups excluding carboxylic acids is 1.